The minimum atomic E-state index is -3.76. The van der Waals surface area contributed by atoms with E-state index in [1.165, 1.54) is 24.3 Å². The zero-order chi connectivity index (χ0) is 15.7. The third-order valence-corrected chi connectivity index (χ3v) is 4.38. The summed E-state index contributed by atoms with van der Waals surface area (Å²) in [5, 5.41) is 7.89. The Morgan fingerprint density at radius 2 is 1.82 bits per heavy atom. The number of hydrogen-bond donors (Lipinski definition) is 2. The van der Waals surface area contributed by atoms with Gasteiger partial charge in [0.1, 0.15) is 12.4 Å². The molecule has 1 amide bonds. The fourth-order valence-electron chi connectivity index (χ4n) is 2.32. The molecule has 0 radical (unpaired) electrons. The van der Waals surface area contributed by atoms with Crippen molar-refractivity contribution in [3.05, 3.63) is 59.7 Å². The topological polar surface area (TPSA) is 98.5 Å². The van der Waals surface area contributed by atoms with Crippen LogP contribution in [-0.4, -0.2) is 20.9 Å². The van der Waals surface area contributed by atoms with Crippen LogP contribution in [0.15, 0.2) is 53.4 Å². The molecule has 1 atom stereocenters. The van der Waals surface area contributed by atoms with Crippen molar-refractivity contribution in [2.75, 3.05) is 6.61 Å². The number of carbonyl (C=O) groups excluding carboxylic acids is 1. The van der Waals surface area contributed by atoms with Crippen molar-refractivity contribution in [3.8, 4) is 5.75 Å². The van der Waals surface area contributed by atoms with E-state index >= 15 is 0 Å². The minimum absolute atomic E-state index is 0.0291. The Balaban J connectivity index is 1.76. The van der Waals surface area contributed by atoms with Crippen LogP contribution in [0.3, 0.4) is 0 Å². The normalized spacial score (nSPS) is 16.7. The summed E-state index contributed by atoms with van der Waals surface area (Å²) in [6.45, 7) is 0.375. The fraction of sp³-hybridized carbons (Fsp3) is 0.133. The van der Waals surface area contributed by atoms with Crippen LogP contribution < -0.4 is 15.2 Å². The van der Waals surface area contributed by atoms with Crippen LogP contribution in [0.5, 0.6) is 5.75 Å². The number of sulfonamides is 1. The van der Waals surface area contributed by atoms with E-state index in [0.29, 0.717) is 12.2 Å². The highest BCUT2D eigenvalue weighted by atomic mass is 32.2. The van der Waals surface area contributed by atoms with Gasteiger partial charge < -0.3 is 10.1 Å². The molecule has 1 heterocycles. The van der Waals surface area contributed by atoms with Gasteiger partial charge in [-0.25, -0.2) is 13.6 Å². The number of nitrogens with one attached hydrogen (secondary N) is 1. The Hall–Kier alpha value is -2.38. The first-order valence-electron chi connectivity index (χ1n) is 6.60. The number of hydrogen-bond acceptors (Lipinski definition) is 4. The molecule has 0 bridgehead atoms. The maximum absolute atomic E-state index is 12.2. The molecule has 1 aliphatic heterocycles. The number of amides is 1. The van der Waals surface area contributed by atoms with Crippen LogP contribution >= 0.6 is 0 Å². The molecule has 0 aliphatic carbocycles. The van der Waals surface area contributed by atoms with Gasteiger partial charge in [-0.15, -0.1) is 0 Å². The molecule has 0 saturated carbocycles. The summed E-state index contributed by atoms with van der Waals surface area (Å²) in [4.78, 5) is 12.2. The number of primary sulfonamides is 1. The molecule has 0 fully saturated rings. The molecule has 0 spiro atoms. The number of ether oxygens (including phenoxy) is 1. The molecule has 7 heteroatoms. The number of rotatable bonds is 3. The standard InChI is InChI=1S/C15H14N2O4S/c16-22(19,20)11-7-5-10(6-8-11)15(18)17-13-9-21-14-4-2-1-3-12(13)14/h1-8,13H,9H2,(H,17,18)(H2,16,19,20)/t13-/m0/s1. The predicted molar refractivity (Wildman–Crippen MR) is 80.0 cm³/mol. The summed E-state index contributed by atoms with van der Waals surface area (Å²) in [5.41, 5.74) is 1.29. The molecule has 2 aromatic carbocycles. The Morgan fingerprint density at radius 3 is 2.50 bits per heavy atom. The van der Waals surface area contributed by atoms with E-state index in [9.17, 15) is 13.2 Å². The van der Waals surface area contributed by atoms with Crippen molar-refractivity contribution >= 4 is 15.9 Å². The zero-order valence-electron chi connectivity index (χ0n) is 11.5. The van der Waals surface area contributed by atoms with E-state index in [1.807, 2.05) is 24.3 Å². The van der Waals surface area contributed by atoms with Crippen LogP contribution in [-0.2, 0) is 10.0 Å². The second-order valence-corrected chi connectivity index (χ2v) is 6.51. The van der Waals surface area contributed by atoms with E-state index in [-0.39, 0.29) is 16.8 Å². The lowest BCUT2D eigenvalue weighted by atomic mass is 10.1. The number of fused-ring (bicyclic) bond motifs is 1. The molecule has 6 nitrogen and oxygen atoms in total. The minimum Gasteiger partial charge on any atom is -0.491 e. The Morgan fingerprint density at radius 1 is 1.14 bits per heavy atom. The van der Waals surface area contributed by atoms with E-state index in [2.05, 4.69) is 5.32 Å². The van der Waals surface area contributed by atoms with Crippen LogP contribution in [0, 0.1) is 0 Å². The molecular formula is C15H14N2O4S. The largest absolute Gasteiger partial charge is 0.491 e. The molecule has 22 heavy (non-hydrogen) atoms. The molecular weight excluding hydrogens is 304 g/mol. The van der Waals surface area contributed by atoms with Crippen molar-refractivity contribution in [1.29, 1.82) is 0 Å². The van der Waals surface area contributed by atoms with Crippen LogP contribution in [0.4, 0.5) is 0 Å². The van der Waals surface area contributed by atoms with Crippen molar-refractivity contribution in [1.82, 2.24) is 5.32 Å². The molecule has 3 rings (SSSR count). The highest BCUT2D eigenvalue weighted by Gasteiger charge is 2.25. The van der Waals surface area contributed by atoms with Gasteiger partial charge in [0.15, 0.2) is 0 Å². The lowest BCUT2D eigenvalue weighted by Crippen LogP contribution is -2.29. The van der Waals surface area contributed by atoms with E-state index < -0.39 is 10.0 Å². The van der Waals surface area contributed by atoms with E-state index in [0.717, 1.165) is 11.3 Å². The SMILES string of the molecule is NS(=O)(=O)c1ccc(C(=O)N[C@H]2COc3ccccc32)cc1. The molecule has 1 aliphatic rings. The monoisotopic (exact) mass is 318 g/mol. The van der Waals surface area contributed by atoms with Gasteiger partial charge in [0.25, 0.3) is 5.91 Å². The first kappa shape index (κ1) is 14.6. The van der Waals surface area contributed by atoms with Gasteiger partial charge in [0.2, 0.25) is 10.0 Å². The third-order valence-electron chi connectivity index (χ3n) is 3.45. The zero-order valence-corrected chi connectivity index (χ0v) is 12.3. The van der Waals surface area contributed by atoms with Crippen molar-refractivity contribution in [3.63, 3.8) is 0 Å². The van der Waals surface area contributed by atoms with Gasteiger partial charge in [0, 0.05) is 11.1 Å². The van der Waals surface area contributed by atoms with Gasteiger partial charge in [-0.1, -0.05) is 18.2 Å². The molecule has 0 saturated heterocycles. The Labute approximate surface area is 128 Å². The first-order valence-corrected chi connectivity index (χ1v) is 8.15. The number of carbonyl (C=O) groups is 1. The summed E-state index contributed by atoms with van der Waals surface area (Å²) >= 11 is 0. The lowest BCUT2D eigenvalue weighted by Gasteiger charge is -2.12. The van der Waals surface area contributed by atoms with Gasteiger partial charge in [0.05, 0.1) is 10.9 Å². The molecule has 114 valence electrons. The van der Waals surface area contributed by atoms with Gasteiger partial charge in [-0.05, 0) is 30.3 Å². The van der Waals surface area contributed by atoms with Crippen molar-refractivity contribution in [2.45, 2.75) is 10.9 Å². The second-order valence-electron chi connectivity index (χ2n) is 4.94. The highest BCUT2D eigenvalue weighted by Crippen LogP contribution is 2.31. The van der Waals surface area contributed by atoms with Gasteiger partial charge in [-0.2, -0.15) is 0 Å². The third kappa shape index (κ3) is 2.81. The van der Waals surface area contributed by atoms with E-state index in [1.54, 1.807) is 0 Å². The summed E-state index contributed by atoms with van der Waals surface area (Å²) in [6.07, 6.45) is 0. The molecule has 3 N–H and O–H groups in total. The van der Waals surface area contributed by atoms with Crippen LogP contribution in [0.1, 0.15) is 22.0 Å². The summed E-state index contributed by atoms with van der Waals surface area (Å²) < 4.78 is 27.9. The number of para-hydroxylation sites is 1. The molecule has 2 aromatic rings. The Kier molecular flexibility index (Phi) is 3.59. The maximum Gasteiger partial charge on any atom is 0.251 e. The van der Waals surface area contributed by atoms with E-state index in [4.69, 9.17) is 9.88 Å². The van der Waals surface area contributed by atoms with Crippen molar-refractivity contribution in [2.24, 2.45) is 5.14 Å². The fourth-order valence-corrected chi connectivity index (χ4v) is 2.84. The highest BCUT2D eigenvalue weighted by molar-refractivity contribution is 7.89. The molecule has 0 unspecified atom stereocenters. The maximum atomic E-state index is 12.2. The predicted octanol–water partition coefficient (Wildman–Crippen LogP) is 1.20. The summed E-state index contributed by atoms with van der Waals surface area (Å²) in [6, 6.07) is 12.8. The van der Waals surface area contributed by atoms with Gasteiger partial charge in [-0.3, -0.25) is 4.79 Å². The first-order chi connectivity index (χ1) is 10.4. The van der Waals surface area contributed by atoms with Crippen molar-refractivity contribution < 1.29 is 17.9 Å². The quantitative estimate of drug-likeness (QED) is 0.888. The van der Waals surface area contributed by atoms with Gasteiger partial charge >= 0.3 is 0 Å². The lowest BCUT2D eigenvalue weighted by molar-refractivity contribution is 0.0930. The summed E-state index contributed by atoms with van der Waals surface area (Å²) in [7, 11) is -3.76. The molecule has 0 aromatic heterocycles. The van der Waals surface area contributed by atoms with Crippen LogP contribution in [0.2, 0.25) is 0 Å². The Bertz CT molecular complexity index is 816. The summed E-state index contributed by atoms with van der Waals surface area (Å²) in [5.74, 6) is 0.462. The average molecular weight is 318 g/mol. The number of benzene rings is 2. The average Bonchev–Trinajstić information content (AvgIpc) is 2.90. The smallest absolute Gasteiger partial charge is 0.251 e. The van der Waals surface area contributed by atoms with Crippen LogP contribution in [0.25, 0.3) is 0 Å². The number of nitrogens with two attached hydrogens (primary N) is 1. The second kappa shape index (κ2) is 5.43.